The molecule has 0 spiro atoms. The van der Waals surface area contributed by atoms with Crippen molar-refractivity contribution in [1.29, 1.82) is 0 Å². The van der Waals surface area contributed by atoms with Gasteiger partial charge in [-0.25, -0.2) is 4.98 Å². The molecule has 1 heterocycles. The molecular weight excluding hydrogens is 242 g/mol. The Balaban J connectivity index is 2.15. The molecule has 0 atom stereocenters. The number of aromatic hydroxyl groups is 1. The van der Waals surface area contributed by atoms with Crippen LogP contribution in [0.4, 0.5) is 5.69 Å². The second kappa shape index (κ2) is 4.47. The molecule has 0 saturated heterocycles. The summed E-state index contributed by atoms with van der Waals surface area (Å²) in [5.41, 5.74) is 0.820. The van der Waals surface area contributed by atoms with E-state index in [9.17, 15) is 9.90 Å². The third-order valence-electron chi connectivity index (χ3n) is 2.14. The highest BCUT2D eigenvalue weighted by Crippen LogP contribution is 2.26. The fourth-order valence-electron chi connectivity index (χ4n) is 1.31. The largest absolute Gasteiger partial charge is 0.506 e. The zero-order valence-electron chi connectivity index (χ0n) is 9.01. The summed E-state index contributed by atoms with van der Waals surface area (Å²) in [7, 11) is 1.78. The van der Waals surface area contributed by atoms with Gasteiger partial charge in [0.05, 0.1) is 11.3 Å². The minimum Gasteiger partial charge on any atom is -0.506 e. The quantitative estimate of drug-likeness (QED) is 0.803. The molecular formula is C11H10ClN3O2. The third-order valence-corrected chi connectivity index (χ3v) is 2.45. The first kappa shape index (κ1) is 11.5. The number of phenols is 1. The van der Waals surface area contributed by atoms with Crippen molar-refractivity contribution in [1.82, 2.24) is 9.55 Å². The van der Waals surface area contributed by atoms with Crippen LogP contribution in [0.25, 0.3) is 0 Å². The molecule has 1 aromatic carbocycles. The molecule has 0 radical (unpaired) electrons. The van der Waals surface area contributed by atoms with Gasteiger partial charge in [-0.2, -0.15) is 0 Å². The molecule has 17 heavy (non-hydrogen) atoms. The number of phenolic OH excluding ortho intramolecular Hbond substituents is 1. The van der Waals surface area contributed by atoms with Crippen LogP contribution in [0.15, 0.2) is 30.7 Å². The third kappa shape index (κ3) is 2.57. The van der Waals surface area contributed by atoms with Gasteiger partial charge in [0.2, 0.25) is 0 Å². The van der Waals surface area contributed by atoms with Crippen molar-refractivity contribution in [3.8, 4) is 5.75 Å². The molecule has 0 aliphatic carbocycles. The van der Waals surface area contributed by atoms with Gasteiger partial charge in [0.25, 0.3) is 5.91 Å². The summed E-state index contributed by atoms with van der Waals surface area (Å²) in [6, 6.07) is 4.44. The highest BCUT2D eigenvalue weighted by molar-refractivity contribution is 6.32. The summed E-state index contributed by atoms with van der Waals surface area (Å²) in [6.45, 7) is 0. The minimum atomic E-state index is -0.327. The van der Waals surface area contributed by atoms with E-state index in [4.69, 9.17) is 11.6 Å². The van der Waals surface area contributed by atoms with Crippen molar-refractivity contribution in [3.63, 3.8) is 0 Å². The van der Waals surface area contributed by atoms with Crippen LogP contribution < -0.4 is 5.32 Å². The molecule has 0 saturated carbocycles. The average Bonchev–Trinajstić information content (AvgIpc) is 2.70. The molecule has 0 unspecified atom stereocenters. The fraction of sp³-hybridized carbons (Fsp3) is 0.0909. The van der Waals surface area contributed by atoms with Crippen LogP contribution in [0.3, 0.4) is 0 Å². The maximum atomic E-state index is 11.7. The number of amides is 1. The maximum absolute atomic E-state index is 11.7. The second-order valence-corrected chi connectivity index (χ2v) is 3.95. The standard InChI is InChI=1S/C11H10ClN3O2/c1-15-5-9(13-6-15)11(17)14-7-2-3-10(16)8(12)4-7/h2-6,16H,1H3,(H,14,17). The normalized spacial score (nSPS) is 10.2. The number of rotatable bonds is 2. The van der Waals surface area contributed by atoms with Crippen molar-refractivity contribution >= 4 is 23.2 Å². The number of aryl methyl sites for hydroxylation is 1. The van der Waals surface area contributed by atoms with E-state index in [1.807, 2.05) is 0 Å². The highest BCUT2D eigenvalue weighted by Gasteiger charge is 2.09. The first-order valence-electron chi connectivity index (χ1n) is 4.84. The van der Waals surface area contributed by atoms with E-state index in [2.05, 4.69) is 10.3 Å². The summed E-state index contributed by atoms with van der Waals surface area (Å²) in [5.74, 6) is -0.352. The van der Waals surface area contributed by atoms with Crippen molar-refractivity contribution in [2.24, 2.45) is 7.05 Å². The predicted molar refractivity (Wildman–Crippen MR) is 64.3 cm³/mol. The van der Waals surface area contributed by atoms with E-state index in [1.54, 1.807) is 30.2 Å². The number of carbonyl (C=O) groups is 1. The van der Waals surface area contributed by atoms with Crippen LogP contribution >= 0.6 is 11.6 Å². The van der Waals surface area contributed by atoms with Crippen molar-refractivity contribution < 1.29 is 9.90 Å². The molecule has 0 aliphatic heterocycles. The van der Waals surface area contributed by atoms with Gasteiger partial charge in [-0.05, 0) is 18.2 Å². The average molecular weight is 252 g/mol. The second-order valence-electron chi connectivity index (χ2n) is 3.54. The number of aromatic nitrogens is 2. The number of imidazole rings is 1. The van der Waals surface area contributed by atoms with E-state index in [1.165, 1.54) is 12.1 Å². The Morgan fingerprint density at radius 3 is 2.88 bits per heavy atom. The number of halogens is 1. The molecule has 6 heteroatoms. The summed E-state index contributed by atoms with van der Waals surface area (Å²) >= 11 is 5.73. The van der Waals surface area contributed by atoms with Crippen LogP contribution in [0, 0.1) is 0 Å². The molecule has 2 rings (SSSR count). The lowest BCUT2D eigenvalue weighted by Gasteiger charge is -2.04. The Hall–Kier alpha value is -2.01. The lowest BCUT2D eigenvalue weighted by molar-refractivity contribution is 0.102. The minimum absolute atomic E-state index is 0.0255. The number of hydrogen-bond donors (Lipinski definition) is 2. The van der Waals surface area contributed by atoms with E-state index < -0.39 is 0 Å². The van der Waals surface area contributed by atoms with Gasteiger partial charge in [0.1, 0.15) is 11.4 Å². The molecule has 1 amide bonds. The Morgan fingerprint density at radius 1 is 1.53 bits per heavy atom. The first-order valence-corrected chi connectivity index (χ1v) is 5.22. The molecule has 2 aromatic rings. The van der Waals surface area contributed by atoms with Crippen LogP contribution in [0.1, 0.15) is 10.5 Å². The first-order chi connectivity index (χ1) is 8.06. The monoisotopic (exact) mass is 251 g/mol. The van der Waals surface area contributed by atoms with Gasteiger partial charge in [-0.1, -0.05) is 11.6 Å². The maximum Gasteiger partial charge on any atom is 0.275 e. The number of hydrogen-bond acceptors (Lipinski definition) is 3. The molecule has 1 aromatic heterocycles. The van der Waals surface area contributed by atoms with E-state index in [0.29, 0.717) is 11.4 Å². The summed E-state index contributed by atoms with van der Waals surface area (Å²) in [4.78, 5) is 15.7. The lowest BCUT2D eigenvalue weighted by atomic mass is 10.3. The van der Waals surface area contributed by atoms with Gasteiger partial charge < -0.3 is 15.0 Å². The highest BCUT2D eigenvalue weighted by atomic mass is 35.5. The molecule has 88 valence electrons. The van der Waals surface area contributed by atoms with Gasteiger partial charge in [-0.15, -0.1) is 0 Å². The zero-order chi connectivity index (χ0) is 12.4. The zero-order valence-corrected chi connectivity index (χ0v) is 9.77. The van der Waals surface area contributed by atoms with Crippen LogP contribution in [-0.4, -0.2) is 20.6 Å². The predicted octanol–water partition coefficient (Wildman–Crippen LogP) is 2.03. The SMILES string of the molecule is Cn1cnc(C(=O)Nc2ccc(O)c(Cl)c2)c1. The number of anilines is 1. The fourth-order valence-corrected chi connectivity index (χ4v) is 1.49. The summed E-state index contributed by atoms with van der Waals surface area (Å²) in [5, 5.41) is 12.1. The van der Waals surface area contributed by atoms with E-state index >= 15 is 0 Å². The summed E-state index contributed by atoms with van der Waals surface area (Å²) in [6.07, 6.45) is 3.15. The topological polar surface area (TPSA) is 67.2 Å². The molecule has 0 fully saturated rings. The Bertz CT molecular complexity index is 566. The number of carbonyl (C=O) groups excluding carboxylic acids is 1. The number of benzene rings is 1. The van der Waals surface area contributed by atoms with E-state index in [0.717, 1.165) is 0 Å². The lowest BCUT2D eigenvalue weighted by Crippen LogP contribution is -2.12. The van der Waals surface area contributed by atoms with Gasteiger partial charge >= 0.3 is 0 Å². The number of nitrogens with one attached hydrogen (secondary N) is 1. The Kier molecular flexibility index (Phi) is 3.01. The Labute approximate surface area is 103 Å². The summed E-state index contributed by atoms with van der Waals surface area (Å²) < 4.78 is 1.68. The van der Waals surface area contributed by atoms with Crippen molar-refractivity contribution in [2.45, 2.75) is 0 Å². The van der Waals surface area contributed by atoms with Gasteiger partial charge in [-0.3, -0.25) is 4.79 Å². The van der Waals surface area contributed by atoms with Crippen LogP contribution in [0.2, 0.25) is 5.02 Å². The number of nitrogens with zero attached hydrogens (tertiary/aromatic N) is 2. The van der Waals surface area contributed by atoms with Crippen molar-refractivity contribution in [2.75, 3.05) is 5.32 Å². The van der Waals surface area contributed by atoms with Crippen molar-refractivity contribution in [3.05, 3.63) is 41.4 Å². The smallest absolute Gasteiger partial charge is 0.275 e. The van der Waals surface area contributed by atoms with Crippen LogP contribution in [0.5, 0.6) is 5.75 Å². The van der Waals surface area contributed by atoms with Gasteiger partial charge in [0.15, 0.2) is 0 Å². The Morgan fingerprint density at radius 2 is 2.29 bits per heavy atom. The molecule has 0 bridgehead atoms. The molecule has 0 aliphatic rings. The van der Waals surface area contributed by atoms with Gasteiger partial charge in [0, 0.05) is 18.9 Å². The molecule has 2 N–H and O–H groups in total. The molecule has 5 nitrogen and oxygen atoms in total. The van der Waals surface area contributed by atoms with Crippen LogP contribution in [-0.2, 0) is 7.05 Å². The van der Waals surface area contributed by atoms with E-state index in [-0.39, 0.29) is 16.7 Å².